The Kier molecular flexibility index (Phi) is 3.87. The van der Waals surface area contributed by atoms with Gasteiger partial charge in [0.15, 0.2) is 5.82 Å². The van der Waals surface area contributed by atoms with Gasteiger partial charge in [-0.15, -0.1) is 13.2 Å². The highest BCUT2D eigenvalue weighted by Gasteiger charge is 2.45. The molecule has 19 heavy (non-hydrogen) atoms. The quantitative estimate of drug-likeness (QED) is 0.768. The van der Waals surface area contributed by atoms with Crippen molar-refractivity contribution < 1.29 is 44.3 Å². The number of ether oxygens (including phenoxy) is 1. The van der Waals surface area contributed by atoms with E-state index in [1.165, 1.54) is 0 Å². The molecule has 0 radical (unpaired) electrons. The predicted molar refractivity (Wildman–Crippen MR) is 40.8 cm³/mol. The molecule has 0 aliphatic carbocycles. The van der Waals surface area contributed by atoms with Crippen LogP contribution in [-0.2, 0) is 6.18 Å². The molecule has 2 nitrogen and oxygen atoms in total. The van der Waals surface area contributed by atoms with Gasteiger partial charge in [0, 0.05) is 0 Å². The van der Waals surface area contributed by atoms with E-state index in [0.29, 0.717) is 0 Å². The molecule has 0 spiro atoms. The summed E-state index contributed by atoms with van der Waals surface area (Å²) in [5.41, 5.74) is -4.85. The van der Waals surface area contributed by atoms with Crippen molar-refractivity contribution in [3.63, 3.8) is 0 Å². The van der Waals surface area contributed by atoms with Crippen LogP contribution in [0.25, 0.3) is 0 Å². The van der Waals surface area contributed by atoms with Crippen molar-refractivity contribution in [1.29, 1.82) is 0 Å². The van der Waals surface area contributed by atoms with Crippen LogP contribution in [0, 0.1) is 5.82 Å². The van der Waals surface area contributed by atoms with Gasteiger partial charge >= 0.3 is 12.5 Å². The van der Waals surface area contributed by atoms with Gasteiger partial charge < -0.3 is 4.74 Å². The molecular weight excluding hydrogens is 297 g/mol. The Balaban J connectivity index is 3.53. The summed E-state index contributed by atoms with van der Waals surface area (Å²) >= 11 is 0. The number of hydrogen-bond acceptors (Lipinski definition) is 2. The zero-order valence-corrected chi connectivity index (χ0v) is 8.41. The lowest BCUT2D eigenvalue weighted by Gasteiger charge is -2.17. The third-order valence-corrected chi connectivity index (χ3v) is 1.75. The van der Waals surface area contributed by atoms with Crippen LogP contribution in [0.4, 0.5) is 39.5 Å². The maximum absolute atomic E-state index is 12.9. The summed E-state index contributed by atoms with van der Waals surface area (Å²) in [5.74, 6) is -4.27. The zero-order chi connectivity index (χ0) is 15.0. The van der Waals surface area contributed by atoms with E-state index in [9.17, 15) is 39.5 Å². The molecule has 1 aromatic heterocycles. The molecule has 0 N–H and O–H groups in total. The van der Waals surface area contributed by atoms with E-state index in [0.717, 1.165) is 0 Å². The van der Waals surface area contributed by atoms with E-state index in [1.54, 1.807) is 0 Å². The number of halogens is 9. The molecule has 0 aromatic carbocycles. The summed E-state index contributed by atoms with van der Waals surface area (Å²) in [4.78, 5) is 2.40. The normalized spacial score (nSPS) is 12.9. The maximum atomic E-state index is 12.9. The van der Waals surface area contributed by atoms with Gasteiger partial charge in [0.05, 0.1) is 11.8 Å². The number of alkyl halides is 8. The highest BCUT2D eigenvalue weighted by Crippen LogP contribution is 2.43. The van der Waals surface area contributed by atoms with Crippen LogP contribution in [0.2, 0.25) is 0 Å². The van der Waals surface area contributed by atoms with Crippen LogP contribution >= 0.6 is 0 Å². The van der Waals surface area contributed by atoms with Crippen molar-refractivity contribution in [2.75, 3.05) is 0 Å². The second-order valence-electron chi connectivity index (χ2n) is 3.05. The lowest BCUT2D eigenvalue weighted by Crippen LogP contribution is -2.23. The average Bonchev–Trinajstić information content (AvgIpc) is 2.15. The van der Waals surface area contributed by atoms with E-state index < -0.39 is 41.8 Å². The van der Waals surface area contributed by atoms with Crippen LogP contribution in [0.15, 0.2) is 6.20 Å². The highest BCUT2D eigenvalue weighted by molar-refractivity contribution is 5.38. The number of nitrogens with zero attached hydrogens (tertiary/aromatic N) is 1. The van der Waals surface area contributed by atoms with Gasteiger partial charge in [0.25, 0.3) is 6.43 Å². The first-order valence-electron chi connectivity index (χ1n) is 4.23. The van der Waals surface area contributed by atoms with Crippen molar-refractivity contribution in [3.8, 4) is 5.88 Å². The predicted octanol–water partition coefficient (Wildman–Crippen LogP) is 4.08. The minimum Gasteiger partial charge on any atom is -0.387 e. The molecule has 1 rings (SSSR count). The third kappa shape index (κ3) is 3.64. The minimum atomic E-state index is -5.69. The molecule has 1 aromatic rings. The Morgan fingerprint density at radius 2 is 1.58 bits per heavy atom. The molecule has 0 fully saturated rings. The first-order valence-corrected chi connectivity index (χ1v) is 4.23. The van der Waals surface area contributed by atoms with Crippen molar-refractivity contribution in [2.24, 2.45) is 0 Å². The fraction of sp³-hybridized carbons (Fsp3) is 0.375. The average molecular weight is 299 g/mol. The number of rotatable bonds is 2. The van der Waals surface area contributed by atoms with Gasteiger partial charge in [0.1, 0.15) is 5.56 Å². The van der Waals surface area contributed by atoms with E-state index >= 15 is 0 Å². The lowest BCUT2D eigenvalue weighted by molar-refractivity contribution is -0.278. The van der Waals surface area contributed by atoms with Gasteiger partial charge in [-0.2, -0.15) is 13.2 Å². The van der Waals surface area contributed by atoms with Crippen molar-refractivity contribution in [3.05, 3.63) is 23.1 Å². The molecule has 108 valence electrons. The summed E-state index contributed by atoms with van der Waals surface area (Å²) in [5, 5.41) is 0. The fourth-order valence-electron chi connectivity index (χ4n) is 1.16. The van der Waals surface area contributed by atoms with Crippen molar-refractivity contribution in [1.82, 2.24) is 4.98 Å². The second-order valence-corrected chi connectivity index (χ2v) is 3.05. The van der Waals surface area contributed by atoms with E-state index in [2.05, 4.69) is 9.72 Å². The molecule has 0 amide bonds. The minimum absolute atomic E-state index is 0.211. The van der Waals surface area contributed by atoms with Gasteiger partial charge in [-0.05, 0) is 0 Å². The number of hydrogen-bond donors (Lipinski definition) is 0. The standard InChI is InChI=1S/C8H2F9NO/c9-2-1-18-6(19-8(15,16)17)4(7(12,13)14)3(2)5(10)11/h1,5H. The monoisotopic (exact) mass is 299 g/mol. The molecule has 0 aliphatic rings. The highest BCUT2D eigenvalue weighted by atomic mass is 19.4. The first-order chi connectivity index (χ1) is 8.43. The van der Waals surface area contributed by atoms with E-state index in [-0.39, 0.29) is 6.20 Å². The molecule has 0 bridgehead atoms. The van der Waals surface area contributed by atoms with Crippen LogP contribution in [-0.4, -0.2) is 11.3 Å². The molecule has 0 unspecified atom stereocenters. The third-order valence-electron chi connectivity index (χ3n) is 1.75. The molecule has 0 atom stereocenters. The zero-order valence-electron chi connectivity index (χ0n) is 8.41. The lowest BCUT2D eigenvalue weighted by atomic mass is 10.1. The number of pyridine rings is 1. The smallest absolute Gasteiger partial charge is 0.387 e. The Hall–Kier alpha value is -1.68. The molecule has 0 saturated carbocycles. The summed E-state index contributed by atoms with van der Waals surface area (Å²) < 4.78 is 113. The SMILES string of the molecule is Fc1cnc(OC(F)(F)F)c(C(F)(F)F)c1C(F)F. The van der Waals surface area contributed by atoms with Crippen molar-refractivity contribution in [2.45, 2.75) is 19.0 Å². The molecule has 0 saturated heterocycles. The Bertz CT molecular complexity index is 465. The number of aromatic nitrogens is 1. The molecule has 1 heterocycles. The van der Waals surface area contributed by atoms with E-state index in [4.69, 9.17) is 0 Å². The van der Waals surface area contributed by atoms with Crippen LogP contribution in [0.1, 0.15) is 17.6 Å². The van der Waals surface area contributed by atoms with Gasteiger partial charge in [-0.1, -0.05) is 0 Å². The van der Waals surface area contributed by atoms with Crippen molar-refractivity contribution >= 4 is 0 Å². The van der Waals surface area contributed by atoms with Gasteiger partial charge in [-0.25, -0.2) is 18.2 Å². The first kappa shape index (κ1) is 15.4. The van der Waals surface area contributed by atoms with Crippen LogP contribution < -0.4 is 4.74 Å². The van der Waals surface area contributed by atoms with Gasteiger partial charge in [0.2, 0.25) is 5.88 Å². The van der Waals surface area contributed by atoms with E-state index in [1.807, 2.05) is 0 Å². The Labute approximate surface area is 98.3 Å². The maximum Gasteiger partial charge on any atom is 0.574 e. The fourth-order valence-corrected chi connectivity index (χ4v) is 1.16. The Morgan fingerprint density at radius 1 is 1.05 bits per heavy atom. The van der Waals surface area contributed by atoms with Crippen LogP contribution in [0.3, 0.4) is 0 Å². The molecule has 0 aliphatic heterocycles. The van der Waals surface area contributed by atoms with Crippen LogP contribution in [0.5, 0.6) is 5.88 Å². The largest absolute Gasteiger partial charge is 0.574 e. The summed E-state index contributed by atoms with van der Waals surface area (Å²) in [6.07, 6.45) is -15.5. The molecular formula is C8H2F9NO. The molecule has 11 heteroatoms. The summed E-state index contributed by atoms with van der Waals surface area (Å²) in [7, 11) is 0. The Morgan fingerprint density at radius 3 is 1.95 bits per heavy atom. The topological polar surface area (TPSA) is 22.1 Å². The van der Waals surface area contributed by atoms with Gasteiger partial charge in [-0.3, -0.25) is 0 Å². The summed E-state index contributed by atoms with van der Waals surface area (Å²) in [6.45, 7) is 0. The summed E-state index contributed by atoms with van der Waals surface area (Å²) in [6, 6.07) is 0. The second kappa shape index (κ2) is 4.78.